The lowest BCUT2D eigenvalue weighted by atomic mass is 9.74. The Bertz CT molecular complexity index is 1190. The van der Waals surface area contributed by atoms with Crippen molar-refractivity contribution in [2.45, 2.75) is 179 Å². The van der Waals surface area contributed by atoms with Crippen LogP contribution in [0.15, 0.2) is 0 Å². The second-order valence-electron chi connectivity index (χ2n) is 16.6. The van der Waals surface area contributed by atoms with Gasteiger partial charge in [0, 0.05) is 44.4 Å². The van der Waals surface area contributed by atoms with Crippen LogP contribution in [0, 0.1) is 23.7 Å². The molecule has 0 aromatic rings. The number of ketones is 1. The van der Waals surface area contributed by atoms with Crippen LogP contribution in [0.1, 0.15) is 94.9 Å². The number of carbonyl (C=O) groups is 2. The van der Waals surface area contributed by atoms with Crippen LogP contribution in [0.4, 0.5) is 0 Å². The molecule has 0 unspecified atom stereocenters. The molecular weight excluding hydrogens is 678 g/mol. The Morgan fingerprint density at radius 3 is 1.98 bits per heavy atom. The van der Waals surface area contributed by atoms with Crippen LogP contribution in [0.2, 0.25) is 0 Å². The SMILES string of the molecule is CC[C@@H]1OC(=O)[C@H](C)[C@H](O[C@H]2C[C@@](C)(OC)[C@@H](O)[C@H](C)O2)[C@H](C)[C@@H](O[C@H]2O[C@H](C)C[C@H](N(C)C)[C@H]2O)[C@@](C)(OC)C[C@@H](C)C(=O)[C@@H](C)[C@@H](O)[C@]1(C)O. The maximum absolute atomic E-state index is 14.2. The maximum atomic E-state index is 14.2. The number of Topliss-reactive ketones (excluding diaryl/α,β-unsaturated/α-hetero) is 1. The number of cyclic esters (lactones) is 1. The molecule has 3 rings (SSSR count). The molecule has 18 atom stereocenters. The molecule has 0 amide bonds. The van der Waals surface area contributed by atoms with E-state index in [0.717, 1.165) is 0 Å². The smallest absolute Gasteiger partial charge is 0.311 e. The predicted molar refractivity (Wildman–Crippen MR) is 191 cm³/mol. The topological polar surface area (TPSA) is 183 Å². The zero-order valence-corrected chi connectivity index (χ0v) is 33.9. The van der Waals surface area contributed by atoms with Crippen molar-refractivity contribution in [2.24, 2.45) is 23.7 Å². The summed E-state index contributed by atoms with van der Waals surface area (Å²) in [5, 5.41) is 45.6. The first kappa shape index (κ1) is 45.1. The number of aliphatic hydroxyl groups is 4. The van der Waals surface area contributed by atoms with E-state index in [4.69, 9.17) is 33.2 Å². The molecule has 0 spiro atoms. The fourth-order valence-corrected chi connectivity index (χ4v) is 8.58. The van der Waals surface area contributed by atoms with Gasteiger partial charge in [0.05, 0.1) is 47.6 Å². The van der Waals surface area contributed by atoms with Gasteiger partial charge in [-0.05, 0) is 74.9 Å². The number of hydrogen-bond acceptors (Lipinski definition) is 14. The highest BCUT2D eigenvalue weighted by molar-refractivity contribution is 5.83. The summed E-state index contributed by atoms with van der Waals surface area (Å²) in [5.74, 6) is -4.47. The second kappa shape index (κ2) is 17.7. The van der Waals surface area contributed by atoms with E-state index in [1.54, 1.807) is 48.5 Å². The Kier molecular flexibility index (Phi) is 15.3. The minimum Gasteiger partial charge on any atom is -0.459 e. The van der Waals surface area contributed by atoms with E-state index in [1.165, 1.54) is 21.1 Å². The van der Waals surface area contributed by atoms with E-state index in [9.17, 15) is 30.0 Å². The number of rotatable bonds is 8. The first-order valence-electron chi connectivity index (χ1n) is 18.9. The van der Waals surface area contributed by atoms with Crippen LogP contribution in [-0.4, -0.2) is 150 Å². The van der Waals surface area contributed by atoms with Gasteiger partial charge < -0.3 is 58.5 Å². The zero-order chi connectivity index (χ0) is 39.7. The summed E-state index contributed by atoms with van der Waals surface area (Å²) in [5.41, 5.74) is -4.24. The lowest BCUT2D eigenvalue weighted by Gasteiger charge is -2.50. The van der Waals surface area contributed by atoms with Crippen molar-refractivity contribution < 1.29 is 63.2 Å². The number of hydrogen-bond donors (Lipinski definition) is 4. The van der Waals surface area contributed by atoms with Gasteiger partial charge in [-0.1, -0.05) is 27.7 Å². The fourth-order valence-electron chi connectivity index (χ4n) is 8.58. The van der Waals surface area contributed by atoms with Crippen LogP contribution in [-0.2, 0) is 42.7 Å². The Morgan fingerprint density at radius 2 is 1.44 bits per heavy atom. The zero-order valence-electron chi connectivity index (χ0n) is 33.9. The highest BCUT2D eigenvalue weighted by Crippen LogP contribution is 2.41. The Balaban J connectivity index is 2.22. The molecule has 304 valence electrons. The molecule has 3 aliphatic heterocycles. The minimum absolute atomic E-state index is 0.111. The molecule has 0 aliphatic carbocycles. The third-order valence-corrected chi connectivity index (χ3v) is 12.3. The van der Waals surface area contributed by atoms with Crippen molar-refractivity contribution in [3.8, 4) is 0 Å². The van der Waals surface area contributed by atoms with E-state index >= 15 is 0 Å². The number of nitrogens with zero attached hydrogens (tertiary/aromatic N) is 1. The first-order chi connectivity index (χ1) is 24.0. The van der Waals surface area contributed by atoms with Crippen LogP contribution >= 0.6 is 0 Å². The molecule has 14 nitrogen and oxygen atoms in total. The summed E-state index contributed by atoms with van der Waals surface area (Å²) in [6, 6.07) is -0.283. The third kappa shape index (κ3) is 9.38. The van der Waals surface area contributed by atoms with Crippen LogP contribution < -0.4 is 0 Å². The third-order valence-electron chi connectivity index (χ3n) is 12.3. The Morgan fingerprint density at radius 1 is 0.846 bits per heavy atom. The number of carbonyl (C=O) groups excluding carboxylic acids is 2. The van der Waals surface area contributed by atoms with Crippen molar-refractivity contribution in [2.75, 3.05) is 28.3 Å². The van der Waals surface area contributed by atoms with E-state index in [2.05, 4.69) is 0 Å². The van der Waals surface area contributed by atoms with Crippen LogP contribution in [0.5, 0.6) is 0 Å². The molecule has 4 N–H and O–H groups in total. The normalized spacial score (nSPS) is 49.0. The molecule has 0 aromatic heterocycles. The monoisotopic (exact) mass is 747 g/mol. The summed E-state index contributed by atoms with van der Waals surface area (Å²) in [6.45, 7) is 17.1. The molecule has 3 fully saturated rings. The molecule has 0 aromatic carbocycles. The van der Waals surface area contributed by atoms with Gasteiger partial charge >= 0.3 is 5.97 Å². The summed E-state index contributed by atoms with van der Waals surface area (Å²) in [4.78, 5) is 30.1. The lowest BCUT2D eigenvalue weighted by Crippen LogP contribution is -2.61. The molecule has 0 bridgehead atoms. The van der Waals surface area contributed by atoms with Crippen LogP contribution in [0.3, 0.4) is 0 Å². The molecule has 3 heterocycles. The van der Waals surface area contributed by atoms with Crippen molar-refractivity contribution in [1.82, 2.24) is 4.90 Å². The van der Waals surface area contributed by atoms with Gasteiger partial charge in [0.2, 0.25) is 0 Å². The van der Waals surface area contributed by atoms with Crippen molar-refractivity contribution in [3.63, 3.8) is 0 Å². The van der Waals surface area contributed by atoms with Crippen molar-refractivity contribution in [3.05, 3.63) is 0 Å². The van der Waals surface area contributed by atoms with Gasteiger partial charge in [-0.2, -0.15) is 0 Å². The van der Waals surface area contributed by atoms with E-state index in [-0.39, 0.29) is 37.2 Å². The molecule has 3 aliphatic rings. The first-order valence-corrected chi connectivity index (χ1v) is 18.9. The number of aliphatic hydroxyl groups excluding tert-OH is 3. The second-order valence-corrected chi connectivity index (χ2v) is 16.6. The molecule has 3 saturated heterocycles. The molecule has 14 heteroatoms. The van der Waals surface area contributed by atoms with E-state index < -0.39 is 102 Å². The minimum atomic E-state index is -1.96. The van der Waals surface area contributed by atoms with Gasteiger partial charge in [0.1, 0.15) is 29.7 Å². The highest BCUT2D eigenvalue weighted by atomic mass is 16.7. The van der Waals surface area contributed by atoms with Gasteiger partial charge in [0.25, 0.3) is 0 Å². The average Bonchev–Trinajstić information content (AvgIpc) is 3.09. The van der Waals surface area contributed by atoms with E-state index in [1.807, 2.05) is 32.8 Å². The standard InChI is InChI=1S/C38H69NO13/c1-15-26-38(10,45)31(42)21(4)28(40)19(2)17-37(9,47-14)33(52-35-29(41)25(39(11)12)16-20(3)48-35)22(5)30(23(6)34(44)50-26)51-27-18-36(8,46-13)32(43)24(7)49-27/h19-27,29-33,35,41-43,45H,15-18H2,1-14H3/t19-,20-,21-,22+,23-,24+,25+,26+,27+,29-,30-,31-,32+,33-,35-,36-,37+,38-/m1/s1. The predicted octanol–water partition coefficient (Wildman–Crippen LogP) is 2.44. The summed E-state index contributed by atoms with van der Waals surface area (Å²) in [6.07, 6.45) is -8.73. The summed E-state index contributed by atoms with van der Waals surface area (Å²) < 4.78 is 43.9. The molecule has 0 saturated carbocycles. The van der Waals surface area contributed by atoms with Gasteiger partial charge in [-0.15, -0.1) is 0 Å². The fraction of sp³-hybridized carbons (Fsp3) is 0.947. The number of esters is 1. The highest BCUT2D eigenvalue weighted by Gasteiger charge is 2.54. The van der Waals surface area contributed by atoms with Gasteiger partial charge in [-0.25, -0.2) is 0 Å². The number of ether oxygens (including phenoxy) is 7. The van der Waals surface area contributed by atoms with Crippen molar-refractivity contribution >= 4 is 11.8 Å². The van der Waals surface area contributed by atoms with E-state index in [0.29, 0.717) is 6.42 Å². The molecule has 0 radical (unpaired) electrons. The number of likely N-dealkylation sites (N-methyl/N-ethyl adjacent to an activating group) is 1. The summed E-state index contributed by atoms with van der Waals surface area (Å²) >= 11 is 0. The van der Waals surface area contributed by atoms with Gasteiger partial charge in [0.15, 0.2) is 12.6 Å². The largest absolute Gasteiger partial charge is 0.459 e. The summed E-state index contributed by atoms with van der Waals surface area (Å²) in [7, 11) is 6.77. The van der Waals surface area contributed by atoms with Crippen molar-refractivity contribution in [1.29, 1.82) is 0 Å². The number of methoxy groups -OCH3 is 2. The molecular formula is C38H69NO13. The van der Waals surface area contributed by atoms with Crippen LogP contribution in [0.25, 0.3) is 0 Å². The molecule has 52 heavy (non-hydrogen) atoms. The Hall–Kier alpha value is -1.30. The average molecular weight is 748 g/mol. The Labute approximate surface area is 310 Å². The maximum Gasteiger partial charge on any atom is 0.311 e. The van der Waals surface area contributed by atoms with Gasteiger partial charge in [-0.3, -0.25) is 9.59 Å². The quantitative estimate of drug-likeness (QED) is 0.266. The lowest BCUT2D eigenvalue weighted by molar-refractivity contribution is -0.319.